The van der Waals surface area contributed by atoms with Crippen LogP contribution < -0.4 is 11.2 Å². The fraction of sp³-hybridized carbons (Fsp3) is 0.250. The standard InChI is InChI=1S/C16H16N2O6/c1-17-10(8-13(19)18(2)16(17)22)9-24-15(21)12-7-5-4-6-11(12)14(20)23-3/h4-8H,9H2,1-3H3. The van der Waals surface area contributed by atoms with Crippen LogP contribution in [0.5, 0.6) is 0 Å². The van der Waals surface area contributed by atoms with E-state index in [0.717, 1.165) is 4.57 Å². The molecule has 2 aromatic rings. The monoisotopic (exact) mass is 332 g/mol. The minimum atomic E-state index is -0.760. The van der Waals surface area contributed by atoms with Crippen molar-refractivity contribution in [2.45, 2.75) is 6.61 Å². The third kappa shape index (κ3) is 3.27. The lowest BCUT2D eigenvalue weighted by Crippen LogP contribution is -2.38. The Bertz CT molecular complexity index is 910. The van der Waals surface area contributed by atoms with E-state index < -0.39 is 23.2 Å². The van der Waals surface area contributed by atoms with Crippen molar-refractivity contribution in [2.75, 3.05) is 7.11 Å². The summed E-state index contributed by atoms with van der Waals surface area (Å²) in [5.74, 6) is -1.42. The van der Waals surface area contributed by atoms with E-state index in [-0.39, 0.29) is 23.4 Å². The first-order chi connectivity index (χ1) is 11.4. The van der Waals surface area contributed by atoms with E-state index in [1.54, 1.807) is 12.1 Å². The van der Waals surface area contributed by atoms with Gasteiger partial charge < -0.3 is 9.47 Å². The van der Waals surface area contributed by atoms with Crippen LogP contribution in [0.1, 0.15) is 26.4 Å². The number of carbonyl (C=O) groups excluding carboxylic acids is 2. The average Bonchev–Trinajstić information content (AvgIpc) is 2.60. The number of hydrogen-bond donors (Lipinski definition) is 0. The quantitative estimate of drug-likeness (QED) is 0.744. The molecule has 8 heteroatoms. The van der Waals surface area contributed by atoms with Gasteiger partial charge in [0, 0.05) is 20.2 Å². The fourth-order valence-corrected chi connectivity index (χ4v) is 2.08. The van der Waals surface area contributed by atoms with Gasteiger partial charge in [0.05, 0.1) is 23.9 Å². The van der Waals surface area contributed by atoms with Gasteiger partial charge in [-0.15, -0.1) is 0 Å². The molecule has 0 radical (unpaired) electrons. The highest BCUT2D eigenvalue weighted by molar-refractivity contribution is 6.03. The summed E-state index contributed by atoms with van der Waals surface area (Å²) in [5.41, 5.74) is -0.671. The number of esters is 2. The molecule has 1 heterocycles. The van der Waals surface area contributed by atoms with Crippen LogP contribution in [0.15, 0.2) is 39.9 Å². The van der Waals surface area contributed by atoms with Gasteiger partial charge >= 0.3 is 17.6 Å². The average molecular weight is 332 g/mol. The molecule has 0 saturated carbocycles. The lowest BCUT2D eigenvalue weighted by atomic mass is 10.1. The van der Waals surface area contributed by atoms with Gasteiger partial charge in [0.25, 0.3) is 5.56 Å². The zero-order valence-electron chi connectivity index (χ0n) is 13.4. The van der Waals surface area contributed by atoms with E-state index in [0.29, 0.717) is 0 Å². The minimum Gasteiger partial charge on any atom is -0.465 e. The number of aromatic nitrogens is 2. The largest absolute Gasteiger partial charge is 0.465 e. The van der Waals surface area contributed by atoms with Crippen LogP contribution in [-0.2, 0) is 30.2 Å². The third-order valence-electron chi connectivity index (χ3n) is 3.53. The van der Waals surface area contributed by atoms with Gasteiger partial charge in [-0.3, -0.25) is 13.9 Å². The molecule has 126 valence electrons. The summed E-state index contributed by atoms with van der Waals surface area (Å²) >= 11 is 0. The Morgan fingerprint density at radius 2 is 1.58 bits per heavy atom. The van der Waals surface area contributed by atoms with Gasteiger partial charge in [-0.25, -0.2) is 14.4 Å². The minimum absolute atomic E-state index is 0.0400. The maximum Gasteiger partial charge on any atom is 0.339 e. The highest BCUT2D eigenvalue weighted by Gasteiger charge is 2.18. The maximum absolute atomic E-state index is 12.2. The molecular weight excluding hydrogens is 316 g/mol. The predicted molar refractivity (Wildman–Crippen MR) is 83.8 cm³/mol. The van der Waals surface area contributed by atoms with Crippen molar-refractivity contribution in [3.05, 3.63) is 68.0 Å². The second-order valence-electron chi connectivity index (χ2n) is 4.99. The van der Waals surface area contributed by atoms with Crippen LogP contribution in [-0.4, -0.2) is 28.2 Å². The van der Waals surface area contributed by atoms with E-state index in [1.165, 1.54) is 44.0 Å². The Labute approximate surface area is 136 Å². The lowest BCUT2D eigenvalue weighted by Gasteiger charge is -2.11. The van der Waals surface area contributed by atoms with E-state index in [4.69, 9.17) is 4.74 Å². The van der Waals surface area contributed by atoms with Gasteiger partial charge in [0.15, 0.2) is 0 Å². The molecule has 0 amide bonds. The van der Waals surface area contributed by atoms with E-state index in [9.17, 15) is 19.2 Å². The molecule has 0 N–H and O–H groups in total. The number of ether oxygens (including phenoxy) is 2. The Kier molecular flexibility index (Phi) is 4.98. The highest BCUT2D eigenvalue weighted by Crippen LogP contribution is 2.12. The zero-order chi connectivity index (χ0) is 17.9. The first kappa shape index (κ1) is 17.2. The Morgan fingerprint density at radius 1 is 1.00 bits per heavy atom. The number of benzene rings is 1. The molecule has 0 atom stereocenters. The normalized spacial score (nSPS) is 10.3. The second kappa shape index (κ2) is 6.95. The zero-order valence-corrected chi connectivity index (χ0v) is 13.4. The van der Waals surface area contributed by atoms with Gasteiger partial charge in [0.1, 0.15) is 6.61 Å². The predicted octanol–water partition coefficient (Wildman–Crippen LogP) is 0.228. The van der Waals surface area contributed by atoms with Crippen LogP contribution in [0, 0.1) is 0 Å². The number of nitrogens with zero attached hydrogens (tertiary/aromatic N) is 2. The van der Waals surface area contributed by atoms with Crippen molar-refractivity contribution < 1.29 is 19.1 Å². The number of carbonyl (C=O) groups is 2. The summed E-state index contributed by atoms with van der Waals surface area (Å²) in [7, 11) is 4.03. The molecule has 1 aromatic carbocycles. The van der Waals surface area contributed by atoms with Crippen molar-refractivity contribution in [3.8, 4) is 0 Å². The lowest BCUT2D eigenvalue weighted by molar-refractivity contribution is 0.0448. The molecule has 0 aliphatic rings. The van der Waals surface area contributed by atoms with Gasteiger partial charge in [0.2, 0.25) is 0 Å². The molecule has 0 aliphatic carbocycles. The van der Waals surface area contributed by atoms with Gasteiger partial charge in [-0.1, -0.05) is 12.1 Å². The Balaban J connectivity index is 2.26. The fourth-order valence-electron chi connectivity index (χ4n) is 2.08. The summed E-state index contributed by atoms with van der Waals surface area (Å²) in [6.07, 6.45) is 0. The number of methoxy groups -OCH3 is 1. The van der Waals surface area contributed by atoms with Crippen molar-refractivity contribution in [2.24, 2.45) is 14.1 Å². The first-order valence-corrected chi connectivity index (χ1v) is 6.97. The molecule has 24 heavy (non-hydrogen) atoms. The van der Waals surface area contributed by atoms with Crippen LogP contribution in [0.3, 0.4) is 0 Å². The molecule has 0 fully saturated rings. The smallest absolute Gasteiger partial charge is 0.339 e. The van der Waals surface area contributed by atoms with Crippen LogP contribution >= 0.6 is 0 Å². The molecule has 0 unspecified atom stereocenters. The third-order valence-corrected chi connectivity index (χ3v) is 3.53. The van der Waals surface area contributed by atoms with Crippen LogP contribution in [0.25, 0.3) is 0 Å². The van der Waals surface area contributed by atoms with Crippen molar-refractivity contribution in [1.82, 2.24) is 9.13 Å². The molecule has 8 nitrogen and oxygen atoms in total. The molecule has 0 bridgehead atoms. The summed E-state index contributed by atoms with van der Waals surface area (Å²) in [4.78, 5) is 47.4. The number of rotatable bonds is 4. The van der Waals surface area contributed by atoms with Gasteiger partial charge in [-0.05, 0) is 12.1 Å². The molecule has 0 aliphatic heterocycles. The Morgan fingerprint density at radius 3 is 2.17 bits per heavy atom. The summed E-state index contributed by atoms with van der Waals surface area (Å²) < 4.78 is 11.9. The maximum atomic E-state index is 12.2. The van der Waals surface area contributed by atoms with E-state index >= 15 is 0 Å². The second-order valence-corrected chi connectivity index (χ2v) is 4.99. The molecule has 1 aromatic heterocycles. The first-order valence-electron chi connectivity index (χ1n) is 6.97. The van der Waals surface area contributed by atoms with Crippen LogP contribution in [0.4, 0.5) is 0 Å². The molecule has 2 rings (SSSR count). The number of hydrogen-bond acceptors (Lipinski definition) is 6. The van der Waals surface area contributed by atoms with Crippen molar-refractivity contribution in [3.63, 3.8) is 0 Å². The van der Waals surface area contributed by atoms with Crippen molar-refractivity contribution in [1.29, 1.82) is 0 Å². The summed E-state index contributed by atoms with van der Waals surface area (Å²) in [6, 6.07) is 7.25. The SMILES string of the molecule is COC(=O)c1ccccc1C(=O)OCc1cc(=O)n(C)c(=O)n1C. The van der Waals surface area contributed by atoms with Crippen LogP contribution in [0.2, 0.25) is 0 Å². The van der Waals surface area contributed by atoms with Gasteiger partial charge in [-0.2, -0.15) is 0 Å². The summed E-state index contributed by atoms with van der Waals surface area (Å²) in [5, 5.41) is 0. The van der Waals surface area contributed by atoms with Crippen molar-refractivity contribution >= 4 is 11.9 Å². The Hall–Kier alpha value is -3.16. The topological polar surface area (TPSA) is 96.6 Å². The summed E-state index contributed by atoms with van der Waals surface area (Å²) in [6.45, 7) is -0.282. The van der Waals surface area contributed by atoms with E-state index in [1.807, 2.05) is 0 Å². The molecular formula is C16H16N2O6. The van der Waals surface area contributed by atoms with E-state index in [2.05, 4.69) is 4.74 Å². The molecule has 0 spiro atoms. The highest BCUT2D eigenvalue weighted by atomic mass is 16.5. The molecule has 0 saturated heterocycles.